The topological polar surface area (TPSA) is 107 Å². The fraction of sp³-hybridized carbons (Fsp3) is 0.143. The monoisotopic (exact) mass is 400 g/mol. The maximum absolute atomic E-state index is 12.4. The van der Waals surface area contributed by atoms with E-state index in [1.165, 1.54) is 0 Å². The van der Waals surface area contributed by atoms with Crippen LogP contribution in [0.4, 0.5) is 0 Å². The molecule has 0 atom stereocenters. The maximum atomic E-state index is 12.4. The van der Waals surface area contributed by atoms with Gasteiger partial charge >= 0.3 is 0 Å². The Morgan fingerprint density at radius 2 is 1.87 bits per heavy atom. The van der Waals surface area contributed by atoms with Crippen LogP contribution in [0, 0.1) is 0 Å². The quantitative estimate of drug-likeness (QED) is 0.503. The molecule has 1 aromatic carbocycles. The van der Waals surface area contributed by atoms with E-state index in [1.807, 2.05) is 24.3 Å². The number of ether oxygens (including phenoxy) is 1. The Balaban J connectivity index is 1.29. The zero-order valence-corrected chi connectivity index (χ0v) is 15.8. The summed E-state index contributed by atoms with van der Waals surface area (Å²) >= 11 is 0. The van der Waals surface area contributed by atoms with E-state index >= 15 is 0 Å². The molecule has 1 saturated heterocycles. The highest BCUT2D eigenvalue weighted by molar-refractivity contribution is 5.94. The average Bonchev–Trinajstić information content (AvgIpc) is 3.27. The van der Waals surface area contributed by atoms with Gasteiger partial charge in [0.15, 0.2) is 0 Å². The normalized spacial score (nSPS) is 13.7. The summed E-state index contributed by atoms with van der Waals surface area (Å²) in [5.41, 5.74) is 1.82. The molecule has 5 rings (SSSR count). The maximum Gasteiger partial charge on any atom is 0.262 e. The molecule has 0 unspecified atom stereocenters. The van der Waals surface area contributed by atoms with Gasteiger partial charge in [-0.05, 0) is 24.3 Å². The minimum absolute atomic E-state index is 0.0314. The Morgan fingerprint density at radius 3 is 2.67 bits per heavy atom. The number of likely N-dealkylation sites (tertiary alicyclic amines) is 1. The van der Waals surface area contributed by atoms with Crippen molar-refractivity contribution in [3.63, 3.8) is 0 Å². The van der Waals surface area contributed by atoms with Crippen LogP contribution >= 0.6 is 0 Å². The predicted octanol–water partition coefficient (Wildman–Crippen LogP) is 2.49. The highest BCUT2D eigenvalue weighted by atomic mass is 16.5. The van der Waals surface area contributed by atoms with E-state index in [1.54, 1.807) is 48.0 Å². The fourth-order valence-corrected chi connectivity index (χ4v) is 3.13. The van der Waals surface area contributed by atoms with Crippen molar-refractivity contribution in [1.82, 2.24) is 30.0 Å². The first kappa shape index (κ1) is 17.9. The van der Waals surface area contributed by atoms with Gasteiger partial charge in [-0.25, -0.2) is 4.98 Å². The molecule has 148 valence electrons. The Morgan fingerprint density at radius 1 is 1.03 bits per heavy atom. The van der Waals surface area contributed by atoms with Crippen molar-refractivity contribution < 1.29 is 14.1 Å². The molecule has 0 N–H and O–H groups in total. The number of amides is 1. The van der Waals surface area contributed by atoms with Crippen LogP contribution in [0.15, 0.2) is 71.9 Å². The first-order valence-electron chi connectivity index (χ1n) is 9.33. The van der Waals surface area contributed by atoms with Gasteiger partial charge in [-0.3, -0.25) is 14.8 Å². The smallest absolute Gasteiger partial charge is 0.262 e. The SMILES string of the molecule is O=C(c1ccncc1)N1CC(Oc2ccccc2-c2nc(-c3cnccn3)no2)C1. The molecule has 1 aliphatic heterocycles. The van der Waals surface area contributed by atoms with E-state index < -0.39 is 0 Å². The van der Waals surface area contributed by atoms with Gasteiger partial charge in [0, 0.05) is 30.4 Å². The summed E-state index contributed by atoms with van der Waals surface area (Å²) in [6.45, 7) is 1.01. The van der Waals surface area contributed by atoms with Gasteiger partial charge in [-0.2, -0.15) is 4.98 Å². The molecular weight excluding hydrogens is 384 g/mol. The van der Waals surface area contributed by atoms with Crippen molar-refractivity contribution in [3.05, 3.63) is 72.9 Å². The summed E-state index contributed by atoms with van der Waals surface area (Å²) in [6, 6.07) is 10.8. The lowest BCUT2D eigenvalue weighted by atomic mass is 10.1. The third-order valence-corrected chi connectivity index (χ3v) is 4.69. The van der Waals surface area contributed by atoms with Gasteiger partial charge in [-0.15, -0.1) is 0 Å². The molecular formula is C21H16N6O3. The largest absolute Gasteiger partial charge is 0.486 e. The Bertz CT molecular complexity index is 1160. The molecule has 9 heteroatoms. The lowest BCUT2D eigenvalue weighted by Gasteiger charge is -2.39. The van der Waals surface area contributed by atoms with Gasteiger partial charge in [0.2, 0.25) is 5.82 Å². The van der Waals surface area contributed by atoms with Crippen LogP contribution in [-0.4, -0.2) is 55.1 Å². The number of carbonyl (C=O) groups excluding carboxylic acids is 1. The molecule has 0 saturated carbocycles. The van der Waals surface area contributed by atoms with Crippen molar-refractivity contribution in [2.24, 2.45) is 0 Å². The Kier molecular flexibility index (Phi) is 4.60. The second-order valence-corrected chi connectivity index (χ2v) is 6.70. The highest BCUT2D eigenvalue weighted by Crippen LogP contribution is 2.31. The van der Waals surface area contributed by atoms with Crippen LogP contribution in [0.25, 0.3) is 23.0 Å². The number of aromatic nitrogens is 5. The number of hydrogen-bond acceptors (Lipinski definition) is 8. The van der Waals surface area contributed by atoms with Gasteiger partial charge in [-0.1, -0.05) is 17.3 Å². The van der Waals surface area contributed by atoms with Crippen LogP contribution in [0.5, 0.6) is 5.75 Å². The highest BCUT2D eigenvalue weighted by Gasteiger charge is 2.33. The average molecular weight is 400 g/mol. The number of hydrogen-bond donors (Lipinski definition) is 0. The predicted molar refractivity (Wildman–Crippen MR) is 105 cm³/mol. The minimum atomic E-state index is -0.112. The van der Waals surface area contributed by atoms with E-state index in [9.17, 15) is 4.79 Å². The summed E-state index contributed by atoms with van der Waals surface area (Å²) < 4.78 is 11.5. The van der Waals surface area contributed by atoms with E-state index in [-0.39, 0.29) is 12.0 Å². The lowest BCUT2D eigenvalue weighted by molar-refractivity contribution is 0.0179. The Labute approximate surface area is 171 Å². The molecule has 0 radical (unpaired) electrons. The molecule has 30 heavy (non-hydrogen) atoms. The van der Waals surface area contributed by atoms with Crippen molar-refractivity contribution in [3.8, 4) is 28.7 Å². The summed E-state index contributed by atoms with van der Waals surface area (Å²) in [5, 5.41) is 3.98. The molecule has 9 nitrogen and oxygen atoms in total. The zero-order chi connectivity index (χ0) is 20.3. The Hall–Kier alpha value is -4.14. The van der Waals surface area contributed by atoms with E-state index in [0.29, 0.717) is 47.4 Å². The number of carbonyl (C=O) groups is 1. The second-order valence-electron chi connectivity index (χ2n) is 6.70. The van der Waals surface area contributed by atoms with Crippen molar-refractivity contribution >= 4 is 5.91 Å². The van der Waals surface area contributed by atoms with Gasteiger partial charge in [0.05, 0.1) is 24.8 Å². The van der Waals surface area contributed by atoms with E-state index in [2.05, 4.69) is 25.1 Å². The molecule has 4 heterocycles. The lowest BCUT2D eigenvalue weighted by Crippen LogP contribution is -2.56. The molecule has 3 aromatic heterocycles. The molecule has 0 bridgehead atoms. The van der Waals surface area contributed by atoms with Gasteiger partial charge < -0.3 is 14.2 Å². The fourth-order valence-electron chi connectivity index (χ4n) is 3.13. The minimum Gasteiger partial charge on any atom is -0.486 e. The molecule has 1 amide bonds. The zero-order valence-electron chi connectivity index (χ0n) is 15.8. The first-order valence-corrected chi connectivity index (χ1v) is 9.33. The van der Waals surface area contributed by atoms with Crippen molar-refractivity contribution in [1.29, 1.82) is 0 Å². The molecule has 0 aliphatic carbocycles. The molecule has 1 fully saturated rings. The number of rotatable bonds is 5. The van der Waals surface area contributed by atoms with Crippen LogP contribution in [-0.2, 0) is 0 Å². The summed E-state index contributed by atoms with van der Waals surface area (Å²) in [5.74, 6) is 1.27. The third-order valence-electron chi connectivity index (χ3n) is 4.69. The van der Waals surface area contributed by atoms with E-state index in [4.69, 9.17) is 9.26 Å². The van der Waals surface area contributed by atoms with Crippen LogP contribution in [0.3, 0.4) is 0 Å². The molecule has 4 aromatic rings. The van der Waals surface area contributed by atoms with Crippen LogP contribution in [0.1, 0.15) is 10.4 Å². The number of pyridine rings is 1. The van der Waals surface area contributed by atoms with Gasteiger partial charge in [0.1, 0.15) is 17.5 Å². The molecule has 1 aliphatic rings. The van der Waals surface area contributed by atoms with Crippen LogP contribution in [0.2, 0.25) is 0 Å². The molecule has 0 spiro atoms. The summed E-state index contributed by atoms with van der Waals surface area (Å²) in [4.78, 5) is 30.7. The van der Waals surface area contributed by atoms with Crippen molar-refractivity contribution in [2.45, 2.75) is 6.10 Å². The van der Waals surface area contributed by atoms with Crippen LogP contribution < -0.4 is 4.74 Å². The van der Waals surface area contributed by atoms with Crippen molar-refractivity contribution in [2.75, 3.05) is 13.1 Å². The number of benzene rings is 1. The summed E-state index contributed by atoms with van der Waals surface area (Å²) in [6.07, 6.45) is 7.82. The first-order chi connectivity index (χ1) is 14.8. The number of nitrogens with zero attached hydrogens (tertiary/aromatic N) is 6. The number of para-hydroxylation sites is 1. The van der Waals surface area contributed by atoms with Gasteiger partial charge in [0.25, 0.3) is 11.8 Å². The third kappa shape index (κ3) is 3.48. The van der Waals surface area contributed by atoms with E-state index in [0.717, 1.165) is 0 Å². The second kappa shape index (κ2) is 7.70. The standard InChI is InChI=1S/C21H16N6O3/c28-21(14-5-7-22-8-6-14)27-12-15(13-27)29-18-4-2-1-3-16(18)20-25-19(26-30-20)17-11-23-9-10-24-17/h1-11,15H,12-13H2. The summed E-state index contributed by atoms with van der Waals surface area (Å²) in [7, 11) is 0.